The summed E-state index contributed by atoms with van der Waals surface area (Å²) < 4.78 is 0. The minimum atomic E-state index is -1.22. The van der Waals surface area contributed by atoms with E-state index in [0.29, 0.717) is 6.42 Å². The molecule has 1 saturated carbocycles. The maximum absolute atomic E-state index is 10.0. The Bertz CT molecular complexity index is 384. The molecule has 1 unspecified atom stereocenters. The molecule has 3 heteroatoms. The maximum Gasteiger partial charge on any atom is 0.139 e. The number of hydrogen-bond acceptors (Lipinski definition) is 3. The minimum absolute atomic E-state index is 0.513. The first-order valence-electron chi connectivity index (χ1n) is 6.97. The smallest absolute Gasteiger partial charge is 0.139 e. The van der Waals surface area contributed by atoms with E-state index in [1.165, 1.54) is 25.7 Å². The fraction of sp³-hybridized carbons (Fsp3) is 0.600. The zero-order chi connectivity index (χ0) is 13.0. The Balaban J connectivity index is 1.98. The quantitative estimate of drug-likeness (QED) is 0.702. The largest absolute Gasteiger partial charge is 0.385 e. The van der Waals surface area contributed by atoms with Gasteiger partial charge in [-0.2, -0.15) is 0 Å². The lowest BCUT2D eigenvalue weighted by atomic mass is 10.0. The maximum atomic E-state index is 10.0. The molecule has 1 aliphatic carbocycles. The summed E-state index contributed by atoms with van der Waals surface area (Å²) in [6, 6.07) is 7.81. The van der Waals surface area contributed by atoms with E-state index >= 15 is 0 Å². The molecule has 0 aromatic heterocycles. The fourth-order valence-electron chi connectivity index (χ4n) is 2.58. The molecule has 4 N–H and O–H groups in total. The van der Waals surface area contributed by atoms with Gasteiger partial charge in [0.05, 0.1) is 0 Å². The summed E-state index contributed by atoms with van der Waals surface area (Å²) >= 11 is 0. The van der Waals surface area contributed by atoms with Gasteiger partial charge < -0.3 is 10.4 Å². The number of rotatable bonds is 5. The van der Waals surface area contributed by atoms with Gasteiger partial charge in [-0.15, -0.1) is 0 Å². The first kappa shape index (κ1) is 13.4. The predicted molar refractivity (Wildman–Crippen MR) is 75.3 cm³/mol. The molecular weight excluding hydrogens is 224 g/mol. The third kappa shape index (κ3) is 3.24. The van der Waals surface area contributed by atoms with Crippen LogP contribution in [-0.4, -0.2) is 11.7 Å². The summed E-state index contributed by atoms with van der Waals surface area (Å²) in [5, 5.41) is 13.5. The summed E-state index contributed by atoms with van der Waals surface area (Å²) in [6.07, 6.45) is 5.92. The van der Waals surface area contributed by atoms with Crippen LogP contribution in [0.2, 0.25) is 0 Å². The summed E-state index contributed by atoms with van der Waals surface area (Å²) in [5.74, 6) is 0.802. The van der Waals surface area contributed by atoms with Gasteiger partial charge in [-0.1, -0.05) is 31.9 Å². The van der Waals surface area contributed by atoms with Crippen LogP contribution in [0.3, 0.4) is 0 Å². The van der Waals surface area contributed by atoms with Crippen molar-refractivity contribution in [1.29, 1.82) is 0 Å². The van der Waals surface area contributed by atoms with E-state index in [2.05, 4.69) is 5.32 Å². The van der Waals surface area contributed by atoms with Crippen molar-refractivity contribution in [1.82, 2.24) is 0 Å². The molecule has 0 radical (unpaired) electrons. The van der Waals surface area contributed by atoms with Crippen LogP contribution in [0, 0.1) is 5.92 Å². The van der Waals surface area contributed by atoms with E-state index in [4.69, 9.17) is 5.73 Å². The van der Waals surface area contributed by atoms with E-state index in [9.17, 15) is 5.11 Å². The lowest BCUT2D eigenvalue weighted by Crippen LogP contribution is -2.35. The van der Waals surface area contributed by atoms with E-state index in [0.717, 1.165) is 23.7 Å². The van der Waals surface area contributed by atoms with Crippen LogP contribution in [0.5, 0.6) is 0 Å². The Morgan fingerprint density at radius 1 is 1.39 bits per heavy atom. The molecule has 0 amide bonds. The van der Waals surface area contributed by atoms with Crippen molar-refractivity contribution in [3.05, 3.63) is 29.8 Å². The molecule has 0 bridgehead atoms. The predicted octanol–water partition coefficient (Wildman–Crippen LogP) is 2.80. The molecule has 0 spiro atoms. The van der Waals surface area contributed by atoms with Gasteiger partial charge in [0, 0.05) is 17.8 Å². The van der Waals surface area contributed by atoms with Gasteiger partial charge in [-0.25, -0.2) is 0 Å². The van der Waals surface area contributed by atoms with E-state index in [1.807, 2.05) is 31.2 Å². The summed E-state index contributed by atoms with van der Waals surface area (Å²) in [5.41, 5.74) is 6.47. The minimum Gasteiger partial charge on any atom is -0.385 e. The van der Waals surface area contributed by atoms with Crippen LogP contribution in [0.1, 0.15) is 44.6 Å². The van der Waals surface area contributed by atoms with Gasteiger partial charge in [0.25, 0.3) is 0 Å². The molecule has 0 heterocycles. The van der Waals surface area contributed by atoms with Gasteiger partial charge in [0.1, 0.15) is 5.72 Å². The molecule has 1 fully saturated rings. The zero-order valence-electron chi connectivity index (χ0n) is 11.2. The first-order valence-corrected chi connectivity index (χ1v) is 6.97. The molecule has 1 aromatic carbocycles. The average Bonchev–Trinajstić information content (AvgIpc) is 2.90. The molecule has 1 aromatic rings. The lowest BCUT2D eigenvalue weighted by molar-refractivity contribution is 0.0395. The van der Waals surface area contributed by atoms with Crippen LogP contribution >= 0.6 is 0 Å². The van der Waals surface area contributed by atoms with Crippen molar-refractivity contribution in [2.24, 2.45) is 11.7 Å². The highest BCUT2D eigenvalue weighted by Gasteiger charge is 2.21. The normalized spacial score (nSPS) is 19.7. The second kappa shape index (κ2) is 5.72. The number of nitrogens with two attached hydrogens (primary N) is 1. The highest BCUT2D eigenvalue weighted by Crippen LogP contribution is 2.26. The van der Waals surface area contributed by atoms with Crippen molar-refractivity contribution in [3.63, 3.8) is 0 Å². The Kier molecular flexibility index (Phi) is 4.25. The molecule has 18 heavy (non-hydrogen) atoms. The summed E-state index contributed by atoms with van der Waals surface area (Å²) in [7, 11) is 0. The van der Waals surface area contributed by atoms with Crippen LogP contribution in [0.25, 0.3) is 0 Å². The third-order valence-electron chi connectivity index (χ3n) is 3.97. The Morgan fingerprint density at radius 3 is 2.78 bits per heavy atom. The average molecular weight is 248 g/mol. The topological polar surface area (TPSA) is 58.3 Å². The molecule has 0 saturated heterocycles. The highest BCUT2D eigenvalue weighted by molar-refractivity contribution is 5.47. The van der Waals surface area contributed by atoms with Crippen LogP contribution in [0.15, 0.2) is 24.3 Å². The van der Waals surface area contributed by atoms with Crippen molar-refractivity contribution < 1.29 is 5.11 Å². The van der Waals surface area contributed by atoms with E-state index < -0.39 is 5.72 Å². The lowest BCUT2D eigenvalue weighted by Gasteiger charge is -2.22. The SMILES string of the molecule is CCC(N)(O)c1cccc(NCC2CCCC2)c1. The molecule has 1 aliphatic rings. The second-order valence-electron chi connectivity index (χ2n) is 5.39. The summed E-state index contributed by atoms with van der Waals surface area (Å²) in [4.78, 5) is 0. The molecule has 3 nitrogen and oxygen atoms in total. The van der Waals surface area contributed by atoms with Crippen molar-refractivity contribution >= 4 is 5.69 Å². The van der Waals surface area contributed by atoms with Gasteiger partial charge in [-0.3, -0.25) is 5.73 Å². The molecule has 1 atom stereocenters. The van der Waals surface area contributed by atoms with Crippen molar-refractivity contribution in [3.8, 4) is 0 Å². The zero-order valence-corrected chi connectivity index (χ0v) is 11.2. The Labute approximate surface area is 109 Å². The standard InChI is InChI=1S/C15H24N2O/c1-2-15(16,18)13-8-5-9-14(10-13)17-11-12-6-3-4-7-12/h5,8-10,12,17-18H,2-4,6-7,11,16H2,1H3. The number of nitrogens with one attached hydrogen (secondary N) is 1. The van der Waals surface area contributed by atoms with Gasteiger partial charge in [0.15, 0.2) is 0 Å². The van der Waals surface area contributed by atoms with E-state index in [-0.39, 0.29) is 0 Å². The second-order valence-corrected chi connectivity index (χ2v) is 5.39. The molecular formula is C15H24N2O. The van der Waals surface area contributed by atoms with Crippen molar-refractivity contribution in [2.75, 3.05) is 11.9 Å². The van der Waals surface area contributed by atoms with E-state index in [1.54, 1.807) is 0 Å². The fourth-order valence-corrected chi connectivity index (χ4v) is 2.58. The van der Waals surface area contributed by atoms with Crippen molar-refractivity contribution in [2.45, 2.75) is 44.8 Å². The highest BCUT2D eigenvalue weighted by atomic mass is 16.3. The number of anilines is 1. The molecule has 2 rings (SSSR count). The van der Waals surface area contributed by atoms with Gasteiger partial charge >= 0.3 is 0 Å². The third-order valence-corrected chi connectivity index (χ3v) is 3.97. The van der Waals surface area contributed by atoms with Crippen LogP contribution in [-0.2, 0) is 5.72 Å². The van der Waals surface area contributed by atoms with Crippen LogP contribution in [0.4, 0.5) is 5.69 Å². The number of benzene rings is 1. The first-order chi connectivity index (χ1) is 8.62. The number of hydrogen-bond donors (Lipinski definition) is 3. The number of aliphatic hydroxyl groups is 1. The van der Waals surface area contributed by atoms with Gasteiger partial charge in [0.2, 0.25) is 0 Å². The monoisotopic (exact) mass is 248 g/mol. The Hall–Kier alpha value is -1.06. The summed E-state index contributed by atoms with van der Waals surface area (Å²) in [6.45, 7) is 2.91. The van der Waals surface area contributed by atoms with Gasteiger partial charge in [-0.05, 0) is 37.3 Å². The van der Waals surface area contributed by atoms with Crippen LogP contribution < -0.4 is 11.1 Å². The molecule has 0 aliphatic heterocycles. The molecule has 100 valence electrons. The Morgan fingerprint density at radius 2 is 2.11 bits per heavy atom.